The monoisotopic (exact) mass is 419 g/mol. The van der Waals surface area contributed by atoms with Crippen LogP contribution in [0.4, 0.5) is 0 Å². The van der Waals surface area contributed by atoms with Gasteiger partial charge in [0.25, 0.3) is 5.91 Å². The summed E-state index contributed by atoms with van der Waals surface area (Å²) in [5.41, 5.74) is 0. The molecule has 4 heterocycles. The van der Waals surface area contributed by atoms with Gasteiger partial charge in [0, 0.05) is 53.0 Å². The summed E-state index contributed by atoms with van der Waals surface area (Å²) in [6.07, 6.45) is 3.98. The van der Waals surface area contributed by atoms with E-state index in [9.17, 15) is 4.79 Å². The molecule has 2 atom stereocenters. The summed E-state index contributed by atoms with van der Waals surface area (Å²) < 4.78 is 13.3. The summed E-state index contributed by atoms with van der Waals surface area (Å²) in [5, 5.41) is 11.8. The molecule has 0 aromatic carbocycles. The molecule has 0 bridgehead atoms. The molecule has 1 aromatic rings. The normalized spacial score (nSPS) is 25.2. The highest BCUT2D eigenvalue weighted by Crippen LogP contribution is 2.16. The minimum Gasteiger partial charge on any atom is -0.376 e. The van der Waals surface area contributed by atoms with Gasteiger partial charge in [0.1, 0.15) is 18.5 Å². The Labute approximate surface area is 177 Å². The van der Waals surface area contributed by atoms with Gasteiger partial charge < -0.3 is 29.2 Å². The molecule has 1 N–H and O–H groups in total. The fourth-order valence-electron chi connectivity index (χ4n) is 4.13. The van der Waals surface area contributed by atoms with E-state index < -0.39 is 0 Å². The molecule has 3 aliphatic heterocycles. The van der Waals surface area contributed by atoms with E-state index in [1.807, 2.05) is 23.4 Å². The molecule has 166 valence electrons. The molecule has 10 nitrogen and oxygen atoms in total. The lowest BCUT2D eigenvalue weighted by Gasteiger charge is -2.37. The maximum Gasteiger partial charge on any atom is 0.251 e. The zero-order valence-corrected chi connectivity index (χ0v) is 18.0. The third-order valence-corrected chi connectivity index (χ3v) is 6.16. The predicted molar refractivity (Wildman–Crippen MR) is 111 cm³/mol. The lowest BCUT2D eigenvalue weighted by atomic mass is 10.2. The third kappa shape index (κ3) is 4.92. The summed E-state index contributed by atoms with van der Waals surface area (Å²) in [6.45, 7) is 7.52. The highest BCUT2D eigenvalue weighted by Gasteiger charge is 2.31. The van der Waals surface area contributed by atoms with Crippen LogP contribution >= 0.6 is 0 Å². The first-order valence-electron chi connectivity index (χ1n) is 11.0. The first kappa shape index (κ1) is 21.0. The van der Waals surface area contributed by atoms with Crippen LogP contribution in [0, 0.1) is 6.92 Å². The van der Waals surface area contributed by atoms with E-state index in [1.165, 1.54) is 0 Å². The van der Waals surface area contributed by atoms with Crippen molar-refractivity contribution < 1.29 is 14.3 Å². The minimum absolute atomic E-state index is 0.132. The van der Waals surface area contributed by atoms with Crippen LogP contribution in [-0.2, 0) is 27.9 Å². The van der Waals surface area contributed by atoms with Crippen molar-refractivity contribution in [3.63, 3.8) is 0 Å². The first-order chi connectivity index (χ1) is 14.6. The SMILES string of the molecule is Cc1nnc(CN=C(NCC2CCCO2)N2CCN(C(=O)C3CCCO3)CC2)n1C. The molecule has 10 heteroatoms. The Balaban J connectivity index is 1.37. The Morgan fingerprint density at radius 2 is 1.83 bits per heavy atom. The lowest BCUT2D eigenvalue weighted by molar-refractivity contribution is -0.142. The molecule has 0 saturated carbocycles. The van der Waals surface area contributed by atoms with Crippen LogP contribution in [0.15, 0.2) is 4.99 Å². The van der Waals surface area contributed by atoms with Gasteiger partial charge in [-0.3, -0.25) is 4.79 Å². The van der Waals surface area contributed by atoms with Crippen LogP contribution in [0.3, 0.4) is 0 Å². The van der Waals surface area contributed by atoms with Crippen molar-refractivity contribution in [2.75, 3.05) is 45.9 Å². The van der Waals surface area contributed by atoms with Gasteiger partial charge in [0.2, 0.25) is 0 Å². The van der Waals surface area contributed by atoms with E-state index in [0.29, 0.717) is 26.2 Å². The van der Waals surface area contributed by atoms with E-state index in [2.05, 4.69) is 20.4 Å². The van der Waals surface area contributed by atoms with Crippen molar-refractivity contribution in [1.82, 2.24) is 29.9 Å². The molecule has 0 spiro atoms. The number of amides is 1. The Kier molecular flexibility index (Phi) is 6.83. The number of aliphatic imine (C=N–C) groups is 1. The molecule has 3 saturated heterocycles. The Hall–Kier alpha value is -2.20. The van der Waals surface area contributed by atoms with Crippen LogP contribution in [0.25, 0.3) is 0 Å². The first-order valence-corrected chi connectivity index (χ1v) is 11.0. The van der Waals surface area contributed by atoms with Gasteiger partial charge in [-0.05, 0) is 32.6 Å². The van der Waals surface area contributed by atoms with E-state index in [4.69, 9.17) is 14.5 Å². The number of carbonyl (C=O) groups is 1. The van der Waals surface area contributed by atoms with E-state index >= 15 is 0 Å². The molecule has 2 unspecified atom stereocenters. The number of aromatic nitrogens is 3. The van der Waals surface area contributed by atoms with Gasteiger partial charge in [-0.25, -0.2) is 4.99 Å². The number of guanidine groups is 1. The second-order valence-corrected chi connectivity index (χ2v) is 8.19. The zero-order chi connectivity index (χ0) is 20.9. The molecule has 1 aromatic heterocycles. The third-order valence-electron chi connectivity index (χ3n) is 6.16. The van der Waals surface area contributed by atoms with Crippen LogP contribution in [-0.4, -0.2) is 94.6 Å². The maximum absolute atomic E-state index is 12.6. The summed E-state index contributed by atoms with van der Waals surface area (Å²) in [4.78, 5) is 21.6. The molecular formula is C20H33N7O3. The molecule has 0 radical (unpaired) electrons. The molecule has 3 aliphatic rings. The van der Waals surface area contributed by atoms with Crippen LogP contribution in [0.1, 0.15) is 37.3 Å². The summed E-state index contributed by atoms with van der Waals surface area (Å²) in [7, 11) is 1.95. The van der Waals surface area contributed by atoms with Crippen molar-refractivity contribution in [1.29, 1.82) is 0 Å². The quantitative estimate of drug-likeness (QED) is 0.533. The fourth-order valence-corrected chi connectivity index (χ4v) is 4.13. The van der Waals surface area contributed by atoms with Gasteiger partial charge >= 0.3 is 0 Å². The number of hydrogen-bond donors (Lipinski definition) is 1. The van der Waals surface area contributed by atoms with Crippen molar-refractivity contribution in [2.24, 2.45) is 12.0 Å². The Bertz CT molecular complexity index is 746. The van der Waals surface area contributed by atoms with Crippen LogP contribution in [0.5, 0.6) is 0 Å². The molecular weight excluding hydrogens is 386 g/mol. The van der Waals surface area contributed by atoms with Crippen molar-refractivity contribution in [2.45, 2.75) is 51.4 Å². The average molecular weight is 420 g/mol. The number of carbonyl (C=O) groups excluding carboxylic acids is 1. The summed E-state index contributed by atoms with van der Waals surface area (Å²) in [6, 6.07) is 0. The number of rotatable bonds is 5. The Morgan fingerprint density at radius 3 is 2.47 bits per heavy atom. The Morgan fingerprint density at radius 1 is 1.10 bits per heavy atom. The van der Waals surface area contributed by atoms with E-state index in [-0.39, 0.29) is 18.1 Å². The van der Waals surface area contributed by atoms with Crippen molar-refractivity contribution >= 4 is 11.9 Å². The fraction of sp³-hybridized carbons (Fsp3) is 0.800. The van der Waals surface area contributed by atoms with E-state index in [0.717, 1.165) is 69.5 Å². The summed E-state index contributed by atoms with van der Waals surface area (Å²) in [5.74, 6) is 2.68. The molecule has 30 heavy (non-hydrogen) atoms. The van der Waals surface area contributed by atoms with Gasteiger partial charge in [0.05, 0.1) is 6.10 Å². The van der Waals surface area contributed by atoms with Gasteiger partial charge in [-0.1, -0.05) is 0 Å². The second-order valence-electron chi connectivity index (χ2n) is 8.19. The molecule has 0 aliphatic carbocycles. The number of piperazine rings is 1. The highest BCUT2D eigenvalue weighted by atomic mass is 16.5. The van der Waals surface area contributed by atoms with Crippen LogP contribution in [0.2, 0.25) is 0 Å². The second kappa shape index (κ2) is 9.74. The maximum atomic E-state index is 12.6. The number of aryl methyl sites for hydroxylation is 1. The molecule has 1 amide bonds. The smallest absolute Gasteiger partial charge is 0.251 e. The van der Waals surface area contributed by atoms with Crippen molar-refractivity contribution in [3.05, 3.63) is 11.6 Å². The van der Waals surface area contributed by atoms with Crippen molar-refractivity contribution in [3.8, 4) is 0 Å². The molecule has 4 rings (SSSR count). The minimum atomic E-state index is -0.249. The number of hydrogen-bond acceptors (Lipinski definition) is 6. The van der Waals surface area contributed by atoms with Gasteiger partial charge in [-0.2, -0.15) is 0 Å². The number of nitrogens with zero attached hydrogens (tertiary/aromatic N) is 6. The standard InChI is InChI=1S/C20H33N7O3/c1-15-23-24-18(25(15)2)14-22-20(21-13-16-5-3-11-29-16)27-9-7-26(8-10-27)19(28)17-6-4-12-30-17/h16-17H,3-14H2,1-2H3,(H,21,22). The number of nitrogens with one attached hydrogen (secondary N) is 1. The highest BCUT2D eigenvalue weighted by molar-refractivity contribution is 5.82. The summed E-state index contributed by atoms with van der Waals surface area (Å²) >= 11 is 0. The largest absolute Gasteiger partial charge is 0.376 e. The van der Waals surface area contributed by atoms with Crippen LogP contribution < -0.4 is 5.32 Å². The van der Waals surface area contributed by atoms with Gasteiger partial charge in [0.15, 0.2) is 11.8 Å². The predicted octanol–water partition coefficient (Wildman–Crippen LogP) is 0.0713. The van der Waals surface area contributed by atoms with E-state index in [1.54, 1.807) is 0 Å². The van der Waals surface area contributed by atoms with Gasteiger partial charge in [-0.15, -0.1) is 10.2 Å². The molecule has 3 fully saturated rings. The zero-order valence-electron chi connectivity index (χ0n) is 18.0. The lowest BCUT2D eigenvalue weighted by Crippen LogP contribution is -2.55. The topological polar surface area (TPSA) is 97.1 Å². The average Bonchev–Trinajstić information content (AvgIpc) is 3.53. The number of ether oxygens (including phenoxy) is 2.